The first-order chi connectivity index (χ1) is 16.3. The molecule has 2 amide bonds. The zero-order chi connectivity index (χ0) is 23.8. The number of ketones is 2. The maximum absolute atomic E-state index is 13.8. The number of ether oxygens (including phenoxy) is 1. The third kappa shape index (κ3) is 2.72. The molecule has 3 aromatic rings. The second-order valence-corrected chi connectivity index (χ2v) is 9.88. The highest BCUT2D eigenvalue weighted by atomic mass is 79.9. The summed E-state index contributed by atoms with van der Waals surface area (Å²) in [6, 6.07) is 19.8. The molecule has 3 atom stereocenters. The minimum absolute atomic E-state index is 0.195. The number of hydrogen-bond donors (Lipinski definition) is 0. The van der Waals surface area contributed by atoms with Gasteiger partial charge in [-0.3, -0.25) is 19.2 Å². The lowest BCUT2D eigenvalue weighted by molar-refractivity contribution is -0.127. The van der Waals surface area contributed by atoms with Crippen molar-refractivity contribution >= 4 is 56.6 Å². The van der Waals surface area contributed by atoms with E-state index in [9.17, 15) is 19.2 Å². The summed E-state index contributed by atoms with van der Waals surface area (Å²) in [5.41, 5.74) is -0.823. The molecule has 1 aliphatic carbocycles. The topological polar surface area (TPSA) is 80.8 Å². The number of carbonyl (C=O) groups is 4. The molecule has 0 bridgehead atoms. The van der Waals surface area contributed by atoms with Gasteiger partial charge in [-0.2, -0.15) is 0 Å². The molecule has 2 aliphatic heterocycles. The Kier molecular flexibility index (Phi) is 4.68. The van der Waals surface area contributed by atoms with Crippen molar-refractivity contribution in [2.24, 2.45) is 11.8 Å². The number of nitrogens with zero attached hydrogens (tertiary/aromatic N) is 1. The lowest BCUT2D eigenvalue weighted by Crippen LogP contribution is -2.51. The maximum Gasteiger partial charge on any atom is 0.241 e. The van der Waals surface area contributed by atoms with Crippen LogP contribution in [0.5, 0.6) is 0 Å². The molecule has 3 aliphatic rings. The van der Waals surface area contributed by atoms with Crippen molar-refractivity contribution in [2.45, 2.75) is 11.7 Å². The first-order valence-electron chi connectivity index (χ1n) is 10.6. The largest absolute Gasteiger partial charge is 0.349 e. The molecule has 2 heterocycles. The monoisotopic (exact) mass is 535 g/mol. The summed E-state index contributed by atoms with van der Waals surface area (Å²) in [6.45, 7) is 0. The summed E-state index contributed by atoms with van der Waals surface area (Å²) < 4.78 is 7.02. The van der Waals surface area contributed by atoms with Gasteiger partial charge in [0.05, 0.1) is 23.6 Å². The Morgan fingerprint density at radius 3 is 2.09 bits per heavy atom. The van der Waals surface area contributed by atoms with Crippen molar-refractivity contribution in [3.05, 3.63) is 99.0 Å². The fraction of sp³-hybridized carbons (Fsp3) is 0.154. The molecule has 3 aromatic carbocycles. The van der Waals surface area contributed by atoms with Gasteiger partial charge in [0.1, 0.15) is 0 Å². The maximum atomic E-state index is 13.8. The van der Waals surface area contributed by atoms with Gasteiger partial charge in [0, 0.05) is 20.6 Å². The number of fused-ring (bicyclic) bond motifs is 3. The summed E-state index contributed by atoms with van der Waals surface area (Å²) in [4.78, 5) is 56.0. The highest BCUT2D eigenvalue weighted by Crippen LogP contribution is 2.57. The van der Waals surface area contributed by atoms with E-state index in [1.165, 1.54) is 0 Å². The summed E-state index contributed by atoms with van der Waals surface area (Å²) in [5, 5.41) is 0.410. The van der Waals surface area contributed by atoms with E-state index in [-0.39, 0.29) is 11.1 Å². The van der Waals surface area contributed by atoms with Gasteiger partial charge in [0.15, 0.2) is 0 Å². The molecule has 3 unspecified atom stereocenters. The Morgan fingerprint density at radius 1 is 0.824 bits per heavy atom. The van der Waals surface area contributed by atoms with Crippen molar-refractivity contribution in [3.8, 4) is 0 Å². The van der Waals surface area contributed by atoms with E-state index in [4.69, 9.17) is 16.3 Å². The second-order valence-electron chi connectivity index (χ2n) is 8.52. The molecule has 8 heteroatoms. The number of halogens is 2. The van der Waals surface area contributed by atoms with Gasteiger partial charge in [-0.1, -0.05) is 63.9 Å². The summed E-state index contributed by atoms with van der Waals surface area (Å²) in [7, 11) is 0. The Bertz CT molecular complexity index is 1380. The molecule has 2 fully saturated rings. The molecule has 0 radical (unpaired) electrons. The van der Waals surface area contributed by atoms with Crippen LogP contribution in [-0.4, -0.2) is 29.0 Å². The Morgan fingerprint density at radius 2 is 1.47 bits per heavy atom. The van der Waals surface area contributed by atoms with Gasteiger partial charge in [-0.15, -0.1) is 0 Å². The zero-order valence-corrected chi connectivity index (χ0v) is 19.7. The van der Waals surface area contributed by atoms with E-state index in [1.54, 1.807) is 72.8 Å². The average molecular weight is 537 g/mol. The highest BCUT2D eigenvalue weighted by Gasteiger charge is 2.74. The third-order valence-corrected chi connectivity index (χ3v) is 7.54. The molecule has 0 N–H and O–H groups in total. The molecule has 1 spiro atoms. The van der Waals surface area contributed by atoms with E-state index in [1.807, 2.05) is 0 Å². The van der Waals surface area contributed by atoms with E-state index < -0.39 is 46.9 Å². The molecular formula is C26H15BrClNO5. The minimum Gasteiger partial charge on any atom is -0.349 e. The Labute approximate surface area is 207 Å². The standard InChI is InChI=1S/C26H15BrClNO5/c27-14-8-10-16(11-9-14)29-24(32)19-20(25(29)33)26(34-21(19)13-4-3-5-15(28)12-13)22(30)17-6-1-2-7-18(17)23(26)31/h1-12,19-21H. The smallest absolute Gasteiger partial charge is 0.241 e. The van der Waals surface area contributed by atoms with Gasteiger partial charge in [0.25, 0.3) is 0 Å². The highest BCUT2D eigenvalue weighted by molar-refractivity contribution is 9.10. The minimum atomic E-state index is -2.10. The first kappa shape index (κ1) is 21.4. The van der Waals surface area contributed by atoms with Gasteiger partial charge in [-0.05, 0) is 42.0 Å². The van der Waals surface area contributed by atoms with Crippen LogP contribution in [0.1, 0.15) is 32.4 Å². The average Bonchev–Trinajstić information content (AvgIpc) is 3.40. The van der Waals surface area contributed by atoms with Crippen LogP contribution in [0.3, 0.4) is 0 Å². The number of benzene rings is 3. The third-order valence-electron chi connectivity index (χ3n) is 6.78. The lowest BCUT2D eigenvalue weighted by Gasteiger charge is -2.27. The summed E-state index contributed by atoms with van der Waals surface area (Å²) >= 11 is 9.55. The number of anilines is 1. The molecule has 2 saturated heterocycles. The van der Waals surface area contributed by atoms with Crippen LogP contribution < -0.4 is 4.90 Å². The predicted molar refractivity (Wildman–Crippen MR) is 127 cm³/mol. The quantitative estimate of drug-likeness (QED) is 0.347. The van der Waals surface area contributed by atoms with Crippen LogP contribution in [0.2, 0.25) is 5.02 Å². The molecule has 6 rings (SSSR count). The Hall–Kier alpha value is -3.13. The number of amides is 2. The van der Waals surface area contributed by atoms with Crippen LogP contribution in [0.4, 0.5) is 5.69 Å². The SMILES string of the molecule is O=C1C2C(c3cccc(Cl)c3)OC3(C(=O)c4ccccc4C3=O)C2C(=O)N1c1ccc(Br)cc1. The van der Waals surface area contributed by atoms with Gasteiger partial charge in [-0.25, -0.2) is 4.90 Å². The van der Waals surface area contributed by atoms with E-state index in [0.717, 1.165) is 9.37 Å². The number of Topliss-reactive ketones (excluding diaryl/α,β-unsaturated/α-hetero) is 2. The van der Waals surface area contributed by atoms with Crippen molar-refractivity contribution in [2.75, 3.05) is 4.90 Å². The van der Waals surface area contributed by atoms with E-state index >= 15 is 0 Å². The van der Waals surface area contributed by atoms with Crippen LogP contribution in [0.15, 0.2) is 77.3 Å². The van der Waals surface area contributed by atoms with Gasteiger partial charge < -0.3 is 4.74 Å². The second kappa shape index (κ2) is 7.43. The number of carbonyl (C=O) groups excluding carboxylic acids is 4. The fourth-order valence-electron chi connectivity index (χ4n) is 5.35. The lowest BCUT2D eigenvalue weighted by atomic mass is 9.77. The molecule has 0 aromatic heterocycles. The van der Waals surface area contributed by atoms with Gasteiger partial charge >= 0.3 is 0 Å². The van der Waals surface area contributed by atoms with Crippen molar-refractivity contribution in [3.63, 3.8) is 0 Å². The number of hydrogen-bond acceptors (Lipinski definition) is 5. The summed E-state index contributed by atoms with van der Waals surface area (Å²) in [5.74, 6) is -4.68. The van der Waals surface area contributed by atoms with Gasteiger partial charge in [0.2, 0.25) is 29.0 Å². The number of imide groups is 1. The fourth-order valence-corrected chi connectivity index (χ4v) is 5.81. The molecule has 34 heavy (non-hydrogen) atoms. The predicted octanol–water partition coefficient (Wildman–Crippen LogP) is 4.80. The van der Waals surface area contributed by atoms with Crippen LogP contribution in [0.25, 0.3) is 0 Å². The van der Waals surface area contributed by atoms with E-state index in [0.29, 0.717) is 16.3 Å². The molecule has 6 nitrogen and oxygen atoms in total. The van der Waals surface area contributed by atoms with Crippen LogP contribution in [0, 0.1) is 11.8 Å². The first-order valence-corrected chi connectivity index (χ1v) is 11.8. The molecular weight excluding hydrogens is 522 g/mol. The van der Waals surface area contributed by atoms with E-state index in [2.05, 4.69) is 15.9 Å². The van der Waals surface area contributed by atoms with Crippen LogP contribution in [-0.2, 0) is 14.3 Å². The van der Waals surface area contributed by atoms with Crippen molar-refractivity contribution in [1.82, 2.24) is 0 Å². The van der Waals surface area contributed by atoms with Crippen molar-refractivity contribution < 1.29 is 23.9 Å². The number of rotatable bonds is 2. The zero-order valence-electron chi connectivity index (χ0n) is 17.4. The van der Waals surface area contributed by atoms with Crippen LogP contribution >= 0.6 is 27.5 Å². The molecule has 168 valence electrons. The summed E-state index contributed by atoms with van der Waals surface area (Å²) in [6.07, 6.45) is -0.997. The Balaban J connectivity index is 1.55. The normalized spacial score (nSPS) is 24.8. The molecule has 0 saturated carbocycles. The van der Waals surface area contributed by atoms with Crippen molar-refractivity contribution in [1.29, 1.82) is 0 Å².